The summed E-state index contributed by atoms with van der Waals surface area (Å²) in [5.74, 6) is -0.0640. The molecule has 7 nitrogen and oxygen atoms in total. The van der Waals surface area contributed by atoms with Crippen molar-refractivity contribution >= 4 is 23.4 Å². The molecule has 4 rings (SSSR count). The second kappa shape index (κ2) is 8.93. The summed E-state index contributed by atoms with van der Waals surface area (Å²) >= 11 is 5.95. The molecule has 2 unspecified atom stereocenters. The van der Waals surface area contributed by atoms with Crippen molar-refractivity contribution in [3.63, 3.8) is 0 Å². The van der Waals surface area contributed by atoms with E-state index in [0.29, 0.717) is 5.69 Å². The van der Waals surface area contributed by atoms with E-state index >= 15 is 0 Å². The smallest absolute Gasteiger partial charge is 0.407 e. The van der Waals surface area contributed by atoms with E-state index < -0.39 is 18.3 Å². The number of anilines is 1. The standard InChI is InChI=1S/C23H22ClN3O4/c24-22-18(9-13(25)10-26-22)21(29)20(28)11-27-23(30)31-12-19-16-7-3-1-5-14(16)15-6-2-4-8-17(15)19/h1-10,19-21,28-29H,11-12,25H2,(H,27,30). The second-order valence-corrected chi connectivity index (χ2v) is 7.73. The predicted octanol–water partition coefficient (Wildman–Crippen LogP) is 3.25. The first-order valence-corrected chi connectivity index (χ1v) is 10.2. The fraction of sp³-hybridized carbons (Fsp3) is 0.217. The Kier molecular flexibility index (Phi) is 6.08. The first-order valence-electron chi connectivity index (χ1n) is 9.81. The van der Waals surface area contributed by atoms with Crippen LogP contribution in [0.1, 0.15) is 28.7 Å². The molecule has 0 spiro atoms. The molecule has 0 aliphatic heterocycles. The number of carbonyl (C=O) groups excluding carboxylic acids is 1. The van der Waals surface area contributed by atoms with Gasteiger partial charge in [0, 0.05) is 18.0 Å². The zero-order valence-corrected chi connectivity index (χ0v) is 17.3. The molecule has 5 N–H and O–H groups in total. The van der Waals surface area contributed by atoms with Crippen LogP contribution in [0.5, 0.6) is 0 Å². The van der Waals surface area contributed by atoms with E-state index in [4.69, 9.17) is 22.1 Å². The number of hydrogen-bond acceptors (Lipinski definition) is 6. The molecule has 0 saturated heterocycles. The topological polar surface area (TPSA) is 118 Å². The summed E-state index contributed by atoms with van der Waals surface area (Å²) in [6.45, 7) is -0.0769. The minimum Gasteiger partial charge on any atom is -0.449 e. The largest absolute Gasteiger partial charge is 0.449 e. The molecule has 1 aliphatic rings. The van der Waals surface area contributed by atoms with Crippen LogP contribution < -0.4 is 11.1 Å². The number of benzene rings is 2. The molecule has 8 heteroatoms. The van der Waals surface area contributed by atoms with Gasteiger partial charge in [0.1, 0.15) is 24.0 Å². The molecule has 1 aromatic heterocycles. The van der Waals surface area contributed by atoms with E-state index in [1.807, 2.05) is 36.4 Å². The van der Waals surface area contributed by atoms with Crippen LogP contribution in [0.15, 0.2) is 60.8 Å². The van der Waals surface area contributed by atoms with Crippen molar-refractivity contribution in [3.05, 3.63) is 82.6 Å². The van der Waals surface area contributed by atoms with Crippen LogP contribution >= 0.6 is 11.6 Å². The van der Waals surface area contributed by atoms with Crippen LogP contribution in [0.4, 0.5) is 10.5 Å². The Morgan fingerprint density at radius 3 is 2.39 bits per heavy atom. The third kappa shape index (κ3) is 4.34. The van der Waals surface area contributed by atoms with Gasteiger partial charge in [-0.25, -0.2) is 9.78 Å². The van der Waals surface area contributed by atoms with E-state index in [1.165, 1.54) is 12.3 Å². The van der Waals surface area contributed by atoms with Crippen molar-refractivity contribution in [2.75, 3.05) is 18.9 Å². The summed E-state index contributed by atoms with van der Waals surface area (Å²) in [6.07, 6.45) is -2.02. The van der Waals surface area contributed by atoms with Crippen molar-refractivity contribution in [2.45, 2.75) is 18.1 Å². The molecule has 1 aliphatic carbocycles. The number of amides is 1. The van der Waals surface area contributed by atoms with Gasteiger partial charge < -0.3 is 26.0 Å². The number of nitrogens with one attached hydrogen (secondary N) is 1. The number of nitrogens with zero attached hydrogens (tertiary/aromatic N) is 1. The van der Waals surface area contributed by atoms with Crippen molar-refractivity contribution in [1.29, 1.82) is 0 Å². The van der Waals surface area contributed by atoms with Crippen LogP contribution in [0.25, 0.3) is 11.1 Å². The van der Waals surface area contributed by atoms with E-state index in [0.717, 1.165) is 22.3 Å². The van der Waals surface area contributed by atoms with Gasteiger partial charge in [-0.15, -0.1) is 0 Å². The van der Waals surface area contributed by atoms with Gasteiger partial charge >= 0.3 is 6.09 Å². The molecule has 0 radical (unpaired) electrons. The molecule has 1 heterocycles. The Morgan fingerprint density at radius 1 is 1.13 bits per heavy atom. The van der Waals surface area contributed by atoms with Crippen LogP contribution in [0.3, 0.4) is 0 Å². The highest BCUT2D eigenvalue weighted by Gasteiger charge is 2.29. The number of aliphatic hydroxyl groups excluding tert-OH is 2. The summed E-state index contributed by atoms with van der Waals surface area (Å²) in [4.78, 5) is 16.1. The van der Waals surface area contributed by atoms with Gasteiger partial charge in [0.25, 0.3) is 0 Å². The average Bonchev–Trinajstić information content (AvgIpc) is 3.11. The van der Waals surface area contributed by atoms with Gasteiger partial charge in [-0.05, 0) is 28.3 Å². The molecule has 3 aromatic rings. The van der Waals surface area contributed by atoms with Crippen molar-refractivity contribution in [1.82, 2.24) is 10.3 Å². The monoisotopic (exact) mass is 439 g/mol. The maximum Gasteiger partial charge on any atom is 0.407 e. The van der Waals surface area contributed by atoms with E-state index in [2.05, 4.69) is 22.4 Å². The number of pyridine rings is 1. The average molecular weight is 440 g/mol. The van der Waals surface area contributed by atoms with Gasteiger partial charge in [0.2, 0.25) is 0 Å². The lowest BCUT2D eigenvalue weighted by atomic mass is 9.98. The first-order chi connectivity index (χ1) is 15.0. The summed E-state index contributed by atoms with van der Waals surface area (Å²) < 4.78 is 5.42. The Bertz CT molecular complexity index is 1060. The molecule has 0 bridgehead atoms. The molecule has 0 saturated carbocycles. The minimum atomic E-state index is -1.36. The first kappa shape index (κ1) is 21.1. The van der Waals surface area contributed by atoms with Gasteiger partial charge in [0.15, 0.2) is 0 Å². The van der Waals surface area contributed by atoms with Gasteiger partial charge in [-0.3, -0.25) is 0 Å². The fourth-order valence-electron chi connectivity index (χ4n) is 3.85. The lowest BCUT2D eigenvalue weighted by molar-refractivity contribution is 0.0184. The maximum atomic E-state index is 12.2. The number of nitrogens with two attached hydrogens (primary N) is 1. The third-order valence-corrected chi connectivity index (χ3v) is 5.69. The predicted molar refractivity (Wildman–Crippen MR) is 118 cm³/mol. The van der Waals surface area contributed by atoms with Crippen LogP contribution in [0.2, 0.25) is 5.15 Å². The minimum absolute atomic E-state index is 0.0295. The molecule has 31 heavy (non-hydrogen) atoms. The van der Waals surface area contributed by atoms with E-state index in [1.54, 1.807) is 0 Å². The van der Waals surface area contributed by atoms with Crippen molar-refractivity contribution < 1.29 is 19.7 Å². The number of rotatable bonds is 6. The van der Waals surface area contributed by atoms with Gasteiger partial charge in [-0.2, -0.15) is 0 Å². The number of halogens is 1. The van der Waals surface area contributed by atoms with Crippen molar-refractivity contribution in [3.8, 4) is 11.1 Å². The van der Waals surface area contributed by atoms with E-state index in [-0.39, 0.29) is 29.8 Å². The van der Waals surface area contributed by atoms with Crippen molar-refractivity contribution in [2.24, 2.45) is 0 Å². The number of carbonyl (C=O) groups is 1. The molecule has 2 aromatic carbocycles. The normalized spacial score (nSPS) is 14.4. The lowest BCUT2D eigenvalue weighted by Crippen LogP contribution is -2.36. The highest BCUT2D eigenvalue weighted by atomic mass is 35.5. The Hall–Kier alpha value is -3.13. The zero-order chi connectivity index (χ0) is 22.0. The van der Waals surface area contributed by atoms with Crippen LogP contribution in [0, 0.1) is 0 Å². The highest BCUT2D eigenvalue weighted by Crippen LogP contribution is 2.44. The van der Waals surface area contributed by atoms with Crippen LogP contribution in [-0.2, 0) is 4.74 Å². The molecular formula is C23H22ClN3O4. The number of alkyl carbamates (subject to hydrolysis) is 1. The summed E-state index contributed by atoms with van der Waals surface area (Å²) in [7, 11) is 0. The number of aromatic nitrogens is 1. The summed E-state index contributed by atoms with van der Waals surface area (Å²) in [5.41, 5.74) is 10.6. The third-order valence-electron chi connectivity index (χ3n) is 5.37. The van der Waals surface area contributed by atoms with Crippen LogP contribution in [-0.4, -0.2) is 40.5 Å². The Balaban J connectivity index is 1.35. The number of nitrogen functional groups attached to an aromatic ring is 1. The second-order valence-electron chi connectivity index (χ2n) is 7.37. The highest BCUT2D eigenvalue weighted by molar-refractivity contribution is 6.30. The quantitative estimate of drug-likeness (QED) is 0.438. The number of hydrogen-bond donors (Lipinski definition) is 4. The number of fused-ring (bicyclic) bond motifs is 3. The fourth-order valence-corrected chi connectivity index (χ4v) is 4.06. The van der Waals surface area contributed by atoms with Gasteiger partial charge in [0.05, 0.1) is 11.9 Å². The molecule has 0 fully saturated rings. The Morgan fingerprint density at radius 2 is 1.74 bits per heavy atom. The molecular weight excluding hydrogens is 418 g/mol. The number of ether oxygens (including phenoxy) is 1. The molecule has 2 atom stereocenters. The summed E-state index contributed by atoms with van der Waals surface area (Å²) in [6, 6.07) is 17.5. The lowest BCUT2D eigenvalue weighted by Gasteiger charge is -2.20. The Labute approximate surface area is 184 Å². The SMILES string of the molecule is Nc1cnc(Cl)c(C(O)C(O)CNC(=O)OCC2c3ccccc3-c3ccccc32)c1. The van der Waals surface area contributed by atoms with E-state index in [9.17, 15) is 15.0 Å². The molecule has 160 valence electrons. The number of aliphatic hydroxyl groups is 2. The maximum absolute atomic E-state index is 12.2. The van der Waals surface area contributed by atoms with Gasteiger partial charge in [-0.1, -0.05) is 60.1 Å². The summed E-state index contributed by atoms with van der Waals surface area (Å²) in [5, 5.41) is 23.0. The molecule has 1 amide bonds. The zero-order valence-electron chi connectivity index (χ0n) is 16.5.